The lowest BCUT2D eigenvalue weighted by Gasteiger charge is -1.81. The van der Waals surface area contributed by atoms with Gasteiger partial charge in [-0.05, 0) is 12.1 Å². The first kappa shape index (κ1) is 5.04. The van der Waals surface area contributed by atoms with Crippen molar-refractivity contribution >= 4 is 6.29 Å². The summed E-state index contributed by atoms with van der Waals surface area (Å²) >= 11 is 0. The molecule has 1 aromatic rings. The predicted molar refractivity (Wildman–Crippen MR) is 30.7 cm³/mol. The number of rotatable bonds is 1. The van der Waals surface area contributed by atoms with Crippen molar-refractivity contribution in [1.29, 1.82) is 0 Å². The minimum Gasteiger partial charge on any atom is -0.298 e. The van der Waals surface area contributed by atoms with Gasteiger partial charge in [0, 0.05) is 5.56 Å². The summed E-state index contributed by atoms with van der Waals surface area (Å²) in [6, 6.07) is 9.70. The highest BCUT2D eigenvalue weighted by Crippen LogP contribution is 1.90. The summed E-state index contributed by atoms with van der Waals surface area (Å²) in [4.78, 5) is 9.99. The van der Waals surface area contributed by atoms with Gasteiger partial charge in [-0.3, -0.25) is 4.79 Å². The van der Waals surface area contributed by atoms with E-state index < -0.39 is 0 Å². The van der Waals surface area contributed by atoms with E-state index >= 15 is 0 Å². The molecule has 0 atom stereocenters. The van der Waals surface area contributed by atoms with Crippen LogP contribution in [0.25, 0.3) is 0 Å². The van der Waals surface area contributed by atoms with E-state index in [1.807, 2.05) is 0 Å². The summed E-state index contributed by atoms with van der Waals surface area (Å²) in [6.07, 6.45) is 0.802. The molecule has 1 nitrogen and oxygen atoms in total. The number of carbonyl (C=O) groups excluding carboxylic acids is 1. The van der Waals surface area contributed by atoms with Crippen LogP contribution in [0, 0.1) is 6.07 Å². The van der Waals surface area contributed by atoms with E-state index in [2.05, 4.69) is 6.07 Å². The van der Waals surface area contributed by atoms with Crippen LogP contribution in [0.5, 0.6) is 0 Å². The Kier molecular flexibility index (Phi) is 1.42. The van der Waals surface area contributed by atoms with Gasteiger partial charge in [0.15, 0.2) is 0 Å². The Morgan fingerprint density at radius 3 is 2.88 bits per heavy atom. The number of aldehydes is 1. The van der Waals surface area contributed by atoms with Crippen LogP contribution in [0.3, 0.4) is 0 Å². The molecular weight excluding hydrogens is 100 g/mol. The Morgan fingerprint density at radius 1 is 1.62 bits per heavy atom. The van der Waals surface area contributed by atoms with Gasteiger partial charge in [0.05, 0.1) is 0 Å². The van der Waals surface area contributed by atoms with Gasteiger partial charge in [0.1, 0.15) is 6.29 Å². The van der Waals surface area contributed by atoms with Gasteiger partial charge in [-0.15, -0.1) is 0 Å². The third-order valence-corrected chi connectivity index (χ3v) is 0.867. The maximum atomic E-state index is 9.99. The molecule has 0 spiro atoms. The first-order chi connectivity index (χ1) is 3.93. The van der Waals surface area contributed by atoms with Gasteiger partial charge in [-0.25, -0.2) is 0 Å². The van der Waals surface area contributed by atoms with Crippen molar-refractivity contribution < 1.29 is 4.79 Å². The van der Waals surface area contributed by atoms with Gasteiger partial charge < -0.3 is 0 Å². The predicted octanol–water partition coefficient (Wildman–Crippen LogP) is 1.30. The molecule has 0 aliphatic carbocycles. The highest BCUT2D eigenvalue weighted by molar-refractivity contribution is 5.74. The first-order valence-electron chi connectivity index (χ1n) is 2.35. The van der Waals surface area contributed by atoms with Crippen LogP contribution in [0.15, 0.2) is 24.3 Å². The molecule has 1 rings (SSSR count). The molecule has 0 unspecified atom stereocenters. The molecule has 8 heavy (non-hydrogen) atoms. The standard InChI is InChI=1S/C7H5O/c8-6-7-4-2-1-3-5-7/h1-2,4-6H. The topological polar surface area (TPSA) is 17.1 Å². The Morgan fingerprint density at radius 2 is 2.50 bits per heavy atom. The monoisotopic (exact) mass is 105 g/mol. The van der Waals surface area contributed by atoms with Crippen LogP contribution in [0.4, 0.5) is 0 Å². The zero-order valence-corrected chi connectivity index (χ0v) is 4.29. The molecule has 0 heterocycles. The fraction of sp³-hybridized carbons (Fsp3) is 0. The Bertz CT molecular complexity index is 167. The van der Waals surface area contributed by atoms with E-state index in [-0.39, 0.29) is 0 Å². The summed E-state index contributed by atoms with van der Waals surface area (Å²) in [5.41, 5.74) is 0.674. The van der Waals surface area contributed by atoms with E-state index in [4.69, 9.17) is 0 Å². The molecule has 1 heteroatoms. The highest BCUT2D eigenvalue weighted by Gasteiger charge is 1.80. The summed E-state index contributed by atoms with van der Waals surface area (Å²) in [5, 5.41) is 0. The quantitative estimate of drug-likeness (QED) is 0.492. The Balaban J connectivity index is 2.99. The molecule has 0 fully saturated rings. The summed E-state index contributed by atoms with van der Waals surface area (Å²) in [6.45, 7) is 0. The number of hydrogen-bond donors (Lipinski definition) is 0. The van der Waals surface area contributed by atoms with Crippen LogP contribution in [-0.4, -0.2) is 6.29 Å². The van der Waals surface area contributed by atoms with E-state index in [0.717, 1.165) is 6.29 Å². The van der Waals surface area contributed by atoms with Crippen molar-refractivity contribution in [1.82, 2.24) is 0 Å². The molecule has 0 aromatic heterocycles. The molecular formula is C7H5O. The smallest absolute Gasteiger partial charge is 0.150 e. The van der Waals surface area contributed by atoms with Gasteiger partial charge in [-0.1, -0.05) is 18.2 Å². The maximum absolute atomic E-state index is 9.99. The van der Waals surface area contributed by atoms with E-state index in [0.29, 0.717) is 5.56 Å². The minimum atomic E-state index is 0.674. The third-order valence-electron chi connectivity index (χ3n) is 0.867. The third kappa shape index (κ3) is 0.936. The van der Waals surface area contributed by atoms with Crippen LogP contribution in [-0.2, 0) is 0 Å². The van der Waals surface area contributed by atoms with Crippen molar-refractivity contribution in [2.24, 2.45) is 0 Å². The lowest BCUT2D eigenvalue weighted by molar-refractivity contribution is 0.112. The number of carbonyl (C=O) groups is 1. The average molecular weight is 105 g/mol. The fourth-order valence-electron chi connectivity index (χ4n) is 0.481. The molecule has 0 bridgehead atoms. The molecule has 0 aliphatic heterocycles. The van der Waals surface area contributed by atoms with Crippen LogP contribution >= 0.6 is 0 Å². The second-order valence-electron chi connectivity index (χ2n) is 1.45. The number of benzene rings is 1. The SMILES string of the molecule is O=Cc1c[c]ccc1. The lowest BCUT2D eigenvalue weighted by Crippen LogP contribution is -1.73. The second kappa shape index (κ2) is 2.26. The van der Waals surface area contributed by atoms with Gasteiger partial charge in [0.25, 0.3) is 0 Å². The van der Waals surface area contributed by atoms with Gasteiger partial charge in [0.2, 0.25) is 0 Å². The highest BCUT2D eigenvalue weighted by atomic mass is 16.1. The lowest BCUT2D eigenvalue weighted by atomic mass is 10.2. The van der Waals surface area contributed by atoms with Crippen molar-refractivity contribution in [3.63, 3.8) is 0 Å². The summed E-state index contributed by atoms with van der Waals surface area (Å²) < 4.78 is 0. The summed E-state index contributed by atoms with van der Waals surface area (Å²) in [5.74, 6) is 0. The largest absolute Gasteiger partial charge is 0.298 e. The maximum Gasteiger partial charge on any atom is 0.150 e. The number of hydrogen-bond acceptors (Lipinski definition) is 1. The van der Waals surface area contributed by atoms with Gasteiger partial charge >= 0.3 is 0 Å². The van der Waals surface area contributed by atoms with Crippen molar-refractivity contribution in [3.8, 4) is 0 Å². The molecule has 0 N–H and O–H groups in total. The fourth-order valence-corrected chi connectivity index (χ4v) is 0.481. The Hall–Kier alpha value is -1.11. The molecule has 0 amide bonds. The molecule has 0 aliphatic rings. The van der Waals surface area contributed by atoms with Gasteiger partial charge in [-0.2, -0.15) is 0 Å². The van der Waals surface area contributed by atoms with Crippen molar-refractivity contribution in [3.05, 3.63) is 35.9 Å². The zero-order valence-electron chi connectivity index (χ0n) is 4.29. The van der Waals surface area contributed by atoms with E-state index in [9.17, 15) is 4.79 Å². The minimum absolute atomic E-state index is 0.674. The van der Waals surface area contributed by atoms with E-state index in [1.54, 1.807) is 24.3 Å². The molecule has 1 radical (unpaired) electrons. The van der Waals surface area contributed by atoms with Crippen LogP contribution in [0.1, 0.15) is 10.4 Å². The second-order valence-corrected chi connectivity index (χ2v) is 1.45. The molecule has 0 saturated heterocycles. The van der Waals surface area contributed by atoms with Crippen LogP contribution < -0.4 is 0 Å². The van der Waals surface area contributed by atoms with Crippen LogP contribution in [0.2, 0.25) is 0 Å². The summed E-state index contributed by atoms with van der Waals surface area (Å²) in [7, 11) is 0. The Labute approximate surface area is 48.0 Å². The average Bonchev–Trinajstić information content (AvgIpc) is 1.90. The normalized spacial score (nSPS) is 8.50. The molecule has 39 valence electrons. The van der Waals surface area contributed by atoms with E-state index in [1.165, 1.54) is 0 Å². The van der Waals surface area contributed by atoms with Crippen molar-refractivity contribution in [2.75, 3.05) is 0 Å². The molecule has 1 aromatic carbocycles. The molecule has 0 saturated carbocycles. The zero-order chi connectivity index (χ0) is 5.82. The first-order valence-corrected chi connectivity index (χ1v) is 2.35. The van der Waals surface area contributed by atoms with Crippen molar-refractivity contribution in [2.45, 2.75) is 0 Å².